The Morgan fingerprint density at radius 2 is 2.05 bits per heavy atom. The minimum Gasteiger partial charge on any atom is -0.378 e. The minimum absolute atomic E-state index is 0.158. The topological polar surface area (TPSA) is 21.3 Å². The highest BCUT2D eigenvalue weighted by molar-refractivity contribution is 5.23. The van der Waals surface area contributed by atoms with Crippen molar-refractivity contribution in [3.8, 4) is 0 Å². The van der Waals surface area contributed by atoms with Gasteiger partial charge in [0.25, 0.3) is 0 Å². The summed E-state index contributed by atoms with van der Waals surface area (Å²) in [6.07, 6.45) is 5.12. The molecule has 0 amide bonds. The van der Waals surface area contributed by atoms with Crippen molar-refractivity contribution in [3.05, 3.63) is 35.4 Å². The SMILES string of the molecule is CCNC(CCC1CCCCO1)c1c(F)cccc1F. The van der Waals surface area contributed by atoms with E-state index >= 15 is 0 Å². The largest absolute Gasteiger partial charge is 0.378 e. The molecule has 1 saturated heterocycles. The maximum atomic E-state index is 13.9. The number of nitrogens with one attached hydrogen (secondary N) is 1. The van der Waals surface area contributed by atoms with Crippen molar-refractivity contribution in [3.63, 3.8) is 0 Å². The van der Waals surface area contributed by atoms with E-state index in [0.29, 0.717) is 13.0 Å². The molecule has 4 heteroatoms. The van der Waals surface area contributed by atoms with Crippen molar-refractivity contribution < 1.29 is 13.5 Å². The molecule has 1 aromatic carbocycles. The second kappa shape index (κ2) is 7.70. The first-order valence-electron chi connectivity index (χ1n) is 7.51. The molecule has 0 spiro atoms. The zero-order valence-corrected chi connectivity index (χ0v) is 12.0. The van der Waals surface area contributed by atoms with E-state index in [9.17, 15) is 8.78 Å². The van der Waals surface area contributed by atoms with Gasteiger partial charge in [-0.3, -0.25) is 0 Å². The third kappa shape index (κ3) is 4.00. The predicted molar refractivity (Wildman–Crippen MR) is 75.6 cm³/mol. The lowest BCUT2D eigenvalue weighted by molar-refractivity contribution is 0.00845. The summed E-state index contributed by atoms with van der Waals surface area (Å²) < 4.78 is 33.4. The first-order chi connectivity index (χ1) is 9.72. The van der Waals surface area contributed by atoms with Gasteiger partial charge in [0.05, 0.1) is 6.10 Å². The first-order valence-corrected chi connectivity index (χ1v) is 7.51. The Hall–Kier alpha value is -1.00. The molecule has 1 aliphatic heterocycles. The number of hydrogen-bond acceptors (Lipinski definition) is 2. The van der Waals surface area contributed by atoms with Gasteiger partial charge in [0, 0.05) is 18.2 Å². The summed E-state index contributed by atoms with van der Waals surface area (Å²) in [5, 5.41) is 3.18. The van der Waals surface area contributed by atoms with Crippen LogP contribution in [0.2, 0.25) is 0 Å². The maximum absolute atomic E-state index is 13.9. The van der Waals surface area contributed by atoms with Crippen LogP contribution >= 0.6 is 0 Å². The smallest absolute Gasteiger partial charge is 0.130 e. The van der Waals surface area contributed by atoms with Crippen molar-refractivity contribution in [2.24, 2.45) is 0 Å². The van der Waals surface area contributed by atoms with Crippen molar-refractivity contribution in [1.82, 2.24) is 5.32 Å². The molecule has 0 bridgehead atoms. The van der Waals surface area contributed by atoms with E-state index in [1.54, 1.807) is 0 Å². The monoisotopic (exact) mass is 283 g/mol. The van der Waals surface area contributed by atoms with Gasteiger partial charge < -0.3 is 10.1 Å². The van der Waals surface area contributed by atoms with Gasteiger partial charge in [0.2, 0.25) is 0 Å². The van der Waals surface area contributed by atoms with Crippen LogP contribution in [0, 0.1) is 11.6 Å². The molecular weight excluding hydrogens is 260 g/mol. The lowest BCUT2D eigenvalue weighted by Gasteiger charge is -2.25. The second-order valence-corrected chi connectivity index (χ2v) is 5.31. The molecule has 2 nitrogen and oxygen atoms in total. The fourth-order valence-corrected chi connectivity index (χ4v) is 2.83. The van der Waals surface area contributed by atoms with E-state index in [1.165, 1.54) is 24.6 Å². The van der Waals surface area contributed by atoms with Crippen LogP contribution < -0.4 is 5.32 Å². The number of halogens is 2. The number of hydrogen-bond donors (Lipinski definition) is 1. The highest BCUT2D eigenvalue weighted by Gasteiger charge is 2.22. The van der Waals surface area contributed by atoms with Crippen LogP contribution in [-0.2, 0) is 4.74 Å². The van der Waals surface area contributed by atoms with Gasteiger partial charge in [0.15, 0.2) is 0 Å². The van der Waals surface area contributed by atoms with E-state index in [-0.39, 0.29) is 17.7 Å². The normalized spacial score (nSPS) is 20.9. The standard InChI is InChI=1S/C16H23F2NO/c1-2-19-15(10-9-12-6-3-4-11-20-12)16-13(17)7-5-8-14(16)18/h5,7-8,12,15,19H,2-4,6,9-11H2,1H3. The molecule has 0 radical (unpaired) electrons. The minimum atomic E-state index is -0.472. The predicted octanol–water partition coefficient (Wildman–Crippen LogP) is 3.96. The van der Waals surface area contributed by atoms with Crippen LogP contribution in [-0.4, -0.2) is 19.3 Å². The fraction of sp³-hybridized carbons (Fsp3) is 0.625. The second-order valence-electron chi connectivity index (χ2n) is 5.31. The van der Waals surface area contributed by atoms with Crippen LogP contribution in [0.3, 0.4) is 0 Å². The lowest BCUT2D eigenvalue weighted by atomic mass is 9.96. The Bertz CT molecular complexity index is 399. The third-order valence-electron chi connectivity index (χ3n) is 3.85. The van der Waals surface area contributed by atoms with Crippen LogP contribution in [0.15, 0.2) is 18.2 Å². The van der Waals surface area contributed by atoms with Crippen LogP contribution in [0.4, 0.5) is 8.78 Å². The molecule has 0 aromatic heterocycles. The van der Waals surface area contributed by atoms with Gasteiger partial charge >= 0.3 is 0 Å². The fourth-order valence-electron chi connectivity index (χ4n) is 2.83. The molecule has 2 atom stereocenters. The molecule has 2 rings (SSSR count). The average Bonchev–Trinajstić information content (AvgIpc) is 2.45. The van der Waals surface area contributed by atoms with Gasteiger partial charge in [0.1, 0.15) is 11.6 Å². The Kier molecular flexibility index (Phi) is 5.92. The van der Waals surface area contributed by atoms with Crippen molar-refractivity contribution in [2.45, 2.75) is 51.2 Å². The van der Waals surface area contributed by atoms with Crippen molar-refractivity contribution >= 4 is 0 Å². The van der Waals surface area contributed by atoms with E-state index in [2.05, 4.69) is 5.32 Å². The molecule has 1 aromatic rings. The molecule has 20 heavy (non-hydrogen) atoms. The molecule has 1 aliphatic rings. The van der Waals surface area contributed by atoms with Crippen LogP contribution in [0.5, 0.6) is 0 Å². The van der Waals surface area contributed by atoms with Gasteiger partial charge in [-0.05, 0) is 50.8 Å². The van der Waals surface area contributed by atoms with Crippen LogP contribution in [0.1, 0.15) is 50.6 Å². The summed E-state index contributed by atoms with van der Waals surface area (Å²) in [4.78, 5) is 0. The van der Waals surface area contributed by atoms with Crippen molar-refractivity contribution in [1.29, 1.82) is 0 Å². The van der Waals surface area contributed by atoms with Gasteiger partial charge in [-0.2, -0.15) is 0 Å². The highest BCUT2D eigenvalue weighted by Crippen LogP contribution is 2.27. The number of benzene rings is 1. The molecule has 1 fully saturated rings. The molecular formula is C16H23F2NO. The summed E-state index contributed by atoms with van der Waals surface area (Å²) in [7, 11) is 0. The average molecular weight is 283 g/mol. The Morgan fingerprint density at radius 1 is 1.30 bits per heavy atom. The molecule has 112 valence electrons. The van der Waals surface area contributed by atoms with E-state index in [4.69, 9.17) is 4.74 Å². The molecule has 0 saturated carbocycles. The van der Waals surface area contributed by atoms with E-state index in [0.717, 1.165) is 25.9 Å². The maximum Gasteiger partial charge on any atom is 0.130 e. The van der Waals surface area contributed by atoms with Crippen LogP contribution in [0.25, 0.3) is 0 Å². The Morgan fingerprint density at radius 3 is 2.65 bits per heavy atom. The lowest BCUT2D eigenvalue weighted by Crippen LogP contribution is -2.26. The molecule has 2 unspecified atom stereocenters. The van der Waals surface area contributed by atoms with Crippen molar-refractivity contribution in [2.75, 3.05) is 13.2 Å². The highest BCUT2D eigenvalue weighted by atomic mass is 19.1. The zero-order valence-electron chi connectivity index (χ0n) is 12.0. The van der Waals surface area contributed by atoms with Gasteiger partial charge in [-0.15, -0.1) is 0 Å². The summed E-state index contributed by atoms with van der Waals surface area (Å²) in [5.41, 5.74) is 0.158. The number of ether oxygens (including phenoxy) is 1. The summed E-state index contributed by atoms with van der Waals surface area (Å²) in [6.45, 7) is 3.44. The molecule has 1 heterocycles. The zero-order chi connectivity index (χ0) is 14.4. The Balaban J connectivity index is 2.02. The molecule has 0 aliphatic carbocycles. The third-order valence-corrected chi connectivity index (χ3v) is 3.85. The van der Waals surface area contributed by atoms with Gasteiger partial charge in [-0.25, -0.2) is 8.78 Å². The summed E-state index contributed by atoms with van der Waals surface area (Å²) in [6, 6.07) is 3.76. The summed E-state index contributed by atoms with van der Waals surface area (Å²) >= 11 is 0. The quantitative estimate of drug-likeness (QED) is 0.853. The Labute approximate surface area is 119 Å². The first kappa shape index (κ1) is 15.4. The van der Waals surface area contributed by atoms with E-state index in [1.807, 2.05) is 6.92 Å². The summed E-state index contributed by atoms with van der Waals surface area (Å²) in [5.74, 6) is -0.943. The molecule has 1 N–H and O–H groups in total. The van der Waals surface area contributed by atoms with E-state index < -0.39 is 11.6 Å². The van der Waals surface area contributed by atoms with Gasteiger partial charge in [-0.1, -0.05) is 13.0 Å². The number of rotatable bonds is 6.